The van der Waals surface area contributed by atoms with Gasteiger partial charge in [-0.1, -0.05) is 146 Å². The molecule has 5 heteroatoms. The highest BCUT2D eigenvalue weighted by molar-refractivity contribution is 7.27. The number of rotatable bonds is 5. The quantitative estimate of drug-likeness (QED) is 0.177. The number of benzene rings is 8. The van der Waals surface area contributed by atoms with Gasteiger partial charge in [-0.25, -0.2) is 15.0 Å². The van der Waals surface area contributed by atoms with Crippen molar-refractivity contribution in [2.24, 2.45) is 0 Å². The van der Waals surface area contributed by atoms with E-state index >= 15 is 0 Å². The molecule has 0 aliphatic rings. The maximum Gasteiger partial charge on any atom is 0.164 e. The molecule has 0 aliphatic heterocycles. The van der Waals surface area contributed by atoms with Gasteiger partial charge in [0.1, 0.15) is 0 Å². The van der Waals surface area contributed by atoms with E-state index < -0.39 is 0 Å². The van der Waals surface area contributed by atoms with Crippen molar-refractivity contribution in [1.29, 1.82) is 0 Å². The van der Waals surface area contributed by atoms with Crippen LogP contribution < -0.4 is 0 Å². The van der Waals surface area contributed by atoms with Crippen LogP contribution in [0.15, 0.2) is 176 Å². The highest BCUT2D eigenvalue weighted by atomic mass is 32.1. The molecule has 11 rings (SSSR count). The summed E-state index contributed by atoms with van der Waals surface area (Å²) < 4.78 is 5.25. The van der Waals surface area contributed by atoms with Crippen LogP contribution in [0.2, 0.25) is 0 Å². The molecule has 0 aliphatic carbocycles. The first-order chi connectivity index (χ1) is 26.7. The molecule has 3 nitrogen and oxygen atoms in total. The first-order valence-electron chi connectivity index (χ1n) is 18.0. The third kappa shape index (κ3) is 5.12. The number of hydrogen-bond acceptors (Lipinski definition) is 5. The molecule has 0 bridgehead atoms. The Kier molecular flexibility index (Phi) is 7.22. The Morgan fingerprint density at radius 3 is 1.59 bits per heavy atom. The molecule has 0 saturated heterocycles. The van der Waals surface area contributed by atoms with Crippen LogP contribution in [0.4, 0.5) is 0 Å². The lowest BCUT2D eigenvalue weighted by Gasteiger charge is -2.12. The summed E-state index contributed by atoms with van der Waals surface area (Å²) in [4.78, 5) is 15.0. The van der Waals surface area contributed by atoms with E-state index in [-0.39, 0.29) is 0 Å². The zero-order valence-electron chi connectivity index (χ0n) is 28.9. The number of hydrogen-bond donors (Lipinski definition) is 0. The summed E-state index contributed by atoms with van der Waals surface area (Å²) in [5.41, 5.74) is 7.72. The normalized spacial score (nSPS) is 11.7. The molecule has 11 aromatic rings. The summed E-state index contributed by atoms with van der Waals surface area (Å²) in [7, 11) is 0. The van der Waals surface area contributed by atoms with E-state index in [9.17, 15) is 0 Å². The zero-order chi connectivity index (χ0) is 35.6. The van der Waals surface area contributed by atoms with Crippen molar-refractivity contribution in [3.63, 3.8) is 0 Å². The van der Waals surface area contributed by atoms with Crippen LogP contribution in [-0.2, 0) is 0 Å². The van der Waals surface area contributed by atoms with Gasteiger partial charge in [0.25, 0.3) is 0 Å². The van der Waals surface area contributed by atoms with E-state index in [1.54, 1.807) is 0 Å². The monoisotopic (exact) mass is 723 g/mol. The lowest BCUT2D eigenvalue weighted by molar-refractivity contribution is 1.07. The lowest BCUT2D eigenvalue weighted by Crippen LogP contribution is -2.00. The predicted molar refractivity (Wildman–Crippen MR) is 230 cm³/mol. The van der Waals surface area contributed by atoms with Crippen LogP contribution in [0.3, 0.4) is 0 Å². The molecule has 3 heterocycles. The van der Waals surface area contributed by atoms with E-state index in [2.05, 4.69) is 115 Å². The fourth-order valence-electron chi connectivity index (χ4n) is 7.74. The fourth-order valence-corrected chi connectivity index (χ4v) is 10.2. The molecule has 0 radical (unpaired) electrons. The van der Waals surface area contributed by atoms with Gasteiger partial charge >= 0.3 is 0 Å². The second kappa shape index (κ2) is 12.6. The SMILES string of the molecule is c1ccc(-c2nc(-c3ccccc3)nc(-c3cccc(-c4cc5ccc(-c6cccc7c6sc6ccccc67)cc5c5sc6ccccc6c45)c3)n2)cc1. The van der Waals surface area contributed by atoms with Gasteiger partial charge in [-0.2, -0.15) is 0 Å². The summed E-state index contributed by atoms with van der Waals surface area (Å²) >= 11 is 3.76. The van der Waals surface area contributed by atoms with Gasteiger partial charge in [-0.15, -0.1) is 22.7 Å². The Balaban J connectivity index is 1.10. The van der Waals surface area contributed by atoms with Gasteiger partial charge in [-0.05, 0) is 58.0 Å². The first-order valence-corrected chi connectivity index (χ1v) is 19.6. The van der Waals surface area contributed by atoms with Crippen molar-refractivity contribution in [3.05, 3.63) is 176 Å². The van der Waals surface area contributed by atoms with Crippen molar-refractivity contribution in [3.8, 4) is 56.4 Å². The van der Waals surface area contributed by atoms with Crippen LogP contribution in [0.5, 0.6) is 0 Å². The molecule has 0 N–H and O–H groups in total. The van der Waals surface area contributed by atoms with Crippen LogP contribution >= 0.6 is 22.7 Å². The maximum absolute atomic E-state index is 5.04. The van der Waals surface area contributed by atoms with Crippen molar-refractivity contribution < 1.29 is 0 Å². The second-order valence-corrected chi connectivity index (χ2v) is 15.7. The third-order valence-corrected chi connectivity index (χ3v) is 12.7. The molecule has 0 amide bonds. The van der Waals surface area contributed by atoms with Crippen LogP contribution in [0.1, 0.15) is 0 Å². The predicted octanol–water partition coefficient (Wildman–Crippen LogP) is 14.1. The van der Waals surface area contributed by atoms with Gasteiger partial charge < -0.3 is 0 Å². The largest absolute Gasteiger partial charge is 0.208 e. The summed E-state index contributed by atoms with van der Waals surface area (Å²) in [6.45, 7) is 0. The van der Waals surface area contributed by atoms with Crippen molar-refractivity contribution in [1.82, 2.24) is 15.0 Å². The van der Waals surface area contributed by atoms with Gasteiger partial charge in [0.05, 0.1) is 0 Å². The minimum absolute atomic E-state index is 0.650. The molecule has 252 valence electrons. The molecule has 0 fully saturated rings. The van der Waals surface area contributed by atoms with E-state index in [1.807, 2.05) is 83.3 Å². The molecule has 3 aromatic heterocycles. The number of nitrogens with zero attached hydrogens (tertiary/aromatic N) is 3. The first kappa shape index (κ1) is 31.0. The molecule has 0 saturated carbocycles. The molecular formula is C49H29N3S2. The average Bonchev–Trinajstić information content (AvgIpc) is 3.83. The molecule has 0 unspecified atom stereocenters. The summed E-state index contributed by atoms with van der Waals surface area (Å²) in [5.74, 6) is 1.96. The highest BCUT2D eigenvalue weighted by Crippen LogP contribution is 2.46. The number of aromatic nitrogens is 3. The minimum Gasteiger partial charge on any atom is -0.208 e. The number of thiophene rings is 2. The van der Waals surface area contributed by atoms with Gasteiger partial charge in [-0.3, -0.25) is 0 Å². The van der Waals surface area contributed by atoms with Crippen LogP contribution in [0.25, 0.3) is 108 Å². The molecule has 0 atom stereocenters. The fraction of sp³-hybridized carbons (Fsp3) is 0. The van der Waals surface area contributed by atoms with Gasteiger partial charge in [0.15, 0.2) is 17.5 Å². The van der Waals surface area contributed by atoms with Crippen molar-refractivity contribution >= 4 is 73.8 Å². The summed E-state index contributed by atoms with van der Waals surface area (Å²) in [5, 5.41) is 7.70. The van der Waals surface area contributed by atoms with E-state index in [1.165, 1.54) is 67.8 Å². The Bertz CT molecular complexity index is 3160. The average molecular weight is 724 g/mol. The van der Waals surface area contributed by atoms with Gasteiger partial charge in [0, 0.05) is 62.4 Å². The summed E-state index contributed by atoms with van der Waals surface area (Å²) in [6, 6.07) is 62.6. The lowest BCUT2D eigenvalue weighted by atomic mass is 9.93. The Labute approximate surface area is 319 Å². The zero-order valence-corrected chi connectivity index (χ0v) is 30.5. The Morgan fingerprint density at radius 1 is 0.315 bits per heavy atom. The molecule has 0 spiro atoms. The van der Waals surface area contributed by atoms with Crippen LogP contribution in [0, 0.1) is 0 Å². The highest BCUT2D eigenvalue weighted by Gasteiger charge is 2.18. The standard InChI is InChI=1S/C49H29N3S2/c1-3-13-30(14-4-1)47-50-48(31-15-5-2-6-16-31)52-49(51-47)35-18-11-17-32(27-35)40-28-34-26-25-33(29-41(34)46-44(40)39-20-8-10-24-43(39)54-46)36-21-12-22-38-37-19-7-9-23-42(37)53-45(36)38/h1-29H. The van der Waals surface area contributed by atoms with E-state index in [0.717, 1.165) is 22.3 Å². The Hall–Kier alpha value is -6.53. The van der Waals surface area contributed by atoms with E-state index in [4.69, 9.17) is 15.0 Å². The molecular weight excluding hydrogens is 695 g/mol. The summed E-state index contributed by atoms with van der Waals surface area (Å²) in [6.07, 6.45) is 0. The third-order valence-electron chi connectivity index (χ3n) is 10.3. The second-order valence-electron chi connectivity index (χ2n) is 13.6. The van der Waals surface area contributed by atoms with Gasteiger partial charge in [0.2, 0.25) is 0 Å². The maximum atomic E-state index is 5.04. The smallest absolute Gasteiger partial charge is 0.164 e. The molecule has 54 heavy (non-hydrogen) atoms. The van der Waals surface area contributed by atoms with Crippen LogP contribution in [-0.4, -0.2) is 15.0 Å². The van der Waals surface area contributed by atoms with Crippen molar-refractivity contribution in [2.75, 3.05) is 0 Å². The topological polar surface area (TPSA) is 38.7 Å². The van der Waals surface area contributed by atoms with Crippen molar-refractivity contribution in [2.45, 2.75) is 0 Å². The number of fused-ring (bicyclic) bond motifs is 8. The van der Waals surface area contributed by atoms with E-state index in [0.29, 0.717) is 17.5 Å². The Morgan fingerprint density at radius 2 is 0.852 bits per heavy atom. The minimum atomic E-state index is 0.650. The molecule has 8 aromatic carbocycles.